The van der Waals surface area contributed by atoms with Gasteiger partial charge in [0.05, 0.1) is 11.1 Å². The first-order valence-corrected chi connectivity index (χ1v) is 6.31. The molecule has 0 fully saturated rings. The fourth-order valence-corrected chi connectivity index (χ4v) is 2.31. The van der Waals surface area contributed by atoms with Gasteiger partial charge < -0.3 is 0 Å². The molecule has 0 saturated carbocycles. The molecule has 0 saturated heterocycles. The number of rotatable bonds is 5. The summed E-state index contributed by atoms with van der Waals surface area (Å²) in [6.45, 7) is 9.52. The van der Waals surface area contributed by atoms with Gasteiger partial charge in [-0.15, -0.1) is 11.6 Å². The first-order valence-electron chi connectivity index (χ1n) is 5.88. The minimum atomic E-state index is 0.0699. The van der Waals surface area contributed by atoms with E-state index in [1.54, 1.807) is 0 Å². The molecular weight excluding hydrogens is 208 g/mol. The molecule has 1 heterocycles. The van der Waals surface area contributed by atoms with Gasteiger partial charge in [-0.2, -0.15) is 5.10 Å². The number of aryl methyl sites for hydroxylation is 2. The van der Waals surface area contributed by atoms with Gasteiger partial charge in [0.15, 0.2) is 0 Å². The molecule has 0 aliphatic heterocycles. The normalized spacial score (nSPS) is 13.1. The molecule has 86 valence electrons. The molecule has 1 unspecified atom stereocenters. The number of hydrogen-bond donors (Lipinski definition) is 0. The summed E-state index contributed by atoms with van der Waals surface area (Å²) >= 11 is 6.23. The minimum absolute atomic E-state index is 0.0699. The van der Waals surface area contributed by atoms with E-state index in [2.05, 4.69) is 30.6 Å². The standard InChI is InChI=1S/C12H21ClN2/c1-5-8-15-11(7-3)12(9(4)13)10(6-2)14-15/h9H,5-8H2,1-4H3. The average Bonchev–Trinajstić information content (AvgIpc) is 2.56. The van der Waals surface area contributed by atoms with E-state index in [0.717, 1.165) is 25.8 Å². The second-order valence-electron chi connectivity index (χ2n) is 3.85. The van der Waals surface area contributed by atoms with Crippen LogP contribution in [0.2, 0.25) is 0 Å². The summed E-state index contributed by atoms with van der Waals surface area (Å²) in [5.74, 6) is 0. The third kappa shape index (κ3) is 2.54. The Bertz CT molecular complexity index is 316. The maximum atomic E-state index is 6.23. The highest BCUT2D eigenvalue weighted by Crippen LogP contribution is 2.28. The average molecular weight is 229 g/mol. The van der Waals surface area contributed by atoms with Crippen molar-refractivity contribution in [3.05, 3.63) is 17.0 Å². The molecule has 1 rings (SSSR count). The van der Waals surface area contributed by atoms with Crippen molar-refractivity contribution in [2.24, 2.45) is 0 Å². The number of aromatic nitrogens is 2. The summed E-state index contributed by atoms with van der Waals surface area (Å²) in [5, 5.41) is 4.71. The quantitative estimate of drug-likeness (QED) is 0.703. The molecule has 0 aromatic carbocycles. The van der Waals surface area contributed by atoms with Crippen LogP contribution in [0.3, 0.4) is 0 Å². The van der Waals surface area contributed by atoms with Crippen molar-refractivity contribution >= 4 is 11.6 Å². The summed E-state index contributed by atoms with van der Waals surface area (Å²) < 4.78 is 2.13. The Balaban J connectivity index is 3.19. The predicted molar refractivity (Wildman–Crippen MR) is 65.5 cm³/mol. The van der Waals surface area contributed by atoms with Crippen LogP contribution in [0, 0.1) is 0 Å². The van der Waals surface area contributed by atoms with E-state index >= 15 is 0 Å². The molecule has 1 aromatic heterocycles. The van der Waals surface area contributed by atoms with Crippen molar-refractivity contribution < 1.29 is 0 Å². The van der Waals surface area contributed by atoms with Crippen molar-refractivity contribution in [2.45, 2.75) is 58.9 Å². The second-order valence-corrected chi connectivity index (χ2v) is 4.51. The van der Waals surface area contributed by atoms with Gasteiger partial charge in [-0.3, -0.25) is 4.68 Å². The fourth-order valence-electron chi connectivity index (χ4n) is 2.06. The summed E-state index contributed by atoms with van der Waals surface area (Å²) in [6.07, 6.45) is 3.10. The fraction of sp³-hybridized carbons (Fsp3) is 0.750. The molecule has 3 heteroatoms. The highest BCUT2D eigenvalue weighted by atomic mass is 35.5. The predicted octanol–water partition coefficient (Wildman–Crippen LogP) is 3.72. The number of halogens is 1. The topological polar surface area (TPSA) is 17.8 Å². The maximum absolute atomic E-state index is 6.23. The van der Waals surface area contributed by atoms with Crippen LogP contribution in [0.1, 0.15) is 56.4 Å². The highest BCUT2D eigenvalue weighted by molar-refractivity contribution is 6.20. The Morgan fingerprint density at radius 1 is 1.27 bits per heavy atom. The van der Waals surface area contributed by atoms with Gasteiger partial charge >= 0.3 is 0 Å². The van der Waals surface area contributed by atoms with Crippen molar-refractivity contribution in [3.8, 4) is 0 Å². The van der Waals surface area contributed by atoms with Gasteiger partial charge in [0.2, 0.25) is 0 Å². The van der Waals surface area contributed by atoms with Gasteiger partial charge in [0.1, 0.15) is 0 Å². The molecule has 2 nitrogen and oxygen atoms in total. The Labute approximate surface area is 97.6 Å². The third-order valence-electron chi connectivity index (χ3n) is 2.68. The Kier molecular flexibility index (Phi) is 4.65. The first kappa shape index (κ1) is 12.6. The lowest BCUT2D eigenvalue weighted by Crippen LogP contribution is -2.04. The van der Waals surface area contributed by atoms with Crippen LogP contribution in [-0.2, 0) is 19.4 Å². The molecular formula is C12H21ClN2. The largest absolute Gasteiger partial charge is 0.269 e. The smallest absolute Gasteiger partial charge is 0.0671 e. The number of hydrogen-bond acceptors (Lipinski definition) is 1. The lowest BCUT2D eigenvalue weighted by Gasteiger charge is -2.08. The van der Waals surface area contributed by atoms with Gasteiger partial charge in [0.25, 0.3) is 0 Å². The second kappa shape index (κ2) is 5.55. The highest BCUT2D eigenvalue weighted by Gasteiger charge is 2.18. The van der Waals surface area contributed by atoms with Gasteiger partial charge in [-0.1, -0.05) is 20.8 Å². The molecule has 1 aromatic rings. The molecule has 0 spiro atoms. The van der Waals surface area contributed by atoms with Crippen LogP contribution in [0.4, 0.5) is 0 Å². The number of nitrogens with zero attached hydrogens (tertiary/aromatic N) is 2. The van der Waals surface area contributed by atoms with Crippen molar-refractivity contribution in [3.63, 3.8) is 0 Å². The van der Waals surface area contributed by atoms with E-state index in [4.69, 9.17) is 11.6 Å². The Morgan fingerprint density at radius 3 is 2.33 bits per heavy atom. The molecule has 0 amide bonds. The van der Waals surface area contributed by atoms with Gasteiger partial charge in [-0.05, 0) is 26.2 Å². The van der Waals surface area contributed by atoms with Crippen LogP contribution in [0.15, 0.2) is 0 Å². The summed E-state index contributed by atoms with van der Waals surface area (Å²) in [7, 11) is 0. The third-order valence-corrected chi connectivity index (χ3v) is 2.90. The van der Waals surface area contributed by atoms with E-state index in [1.807, 2.05) is 6.92 Å². The molecule has 0 radical (unpaired) electrons. The minimum Gasteiger partial charge on any atom is -0.269 e. The Morgan fingerprint density at radius 2 is 1.93 bits per heavy atom. The Hall–Kier alpha value is -0.500. The van der Waals surface area contributed by atoms with Crippen LogP contribution in [0.5, 0.6) is 0 Å². The van der Waals surface area contributed by atoms with Crippen LogP contribution < -0.4 is 0 Å². The molecule has 0 N–H and O–H groups in total. The van der Waals surface area contributed by atoms with Gasteiger partial charge in [0, 0.05) is 17.8 Å². The van der Waals surface area contributed by atoms with E-state index in [9.17, 15) is 0 Å². The van der Waals surface area contributed by atoms with Gasteiger partial charge in [-0.25, -0.2) is 0 Å². The number of alkyl halides is 1. The van der Waals surface area contributed by atoms with E-state index < -0.39 is 0 Å². The molecule has 15 heavy (non-hydrogen) atoms. The van der Waals surface area contributed by atoms with Crippen LogP contribution in [0.25, 0.3) is 0 Å². The lowest BCUT2D eigenvalue weighted by atomic mass is 10.1. The monoisotopic (exact) mass is 228 g/mol. The van der Waals surface area contributed by atoms with E-state index in [0.29, 0.717) is 0 Å². The zero-order valence-electron chi connectivity index (χ0n) is 10.2. The zero-order chi connectivity index (χ0) is 11.4. The molecule has 0 aliphatic rings. The van der Waals surface area contributed by atoms with Crippen molar-refractivity contribution in [1.29, 1.82) is 0 Å². The maximum Gasteiger partial charge on any atom is 0.0671 e. The zero-order valence-corrected chi connectivity index (χ0v) is 10.9. The molecule has 0 aliphatic carbocycles. The van der Waals surface area contributed by atoms with Crippen molar-refractivity contribution in [1.82, 2.24) is 9.78 Å². The first-order chi connectivity index (χ1) is 7.15. The summed E-state index contributed by atoms with van der Waals surface area (Å²) in [5.41, 5.74) is 3.74. The van der Waals surface area contributed by atoms with Crippen molar-refractivity contribution in [2.75, 3.05) is 0 Å². The van der Waals surface area contributed by atoms with Crippen LogP contribution in [-0.4, -0.2) is 9.78 Å². The lowest BCUT2D eigenvalue weighted by molar-refractivity contribution is 0.570. The summed E-state index contributed by atoms with van der Waals surface area (Å²) in [4.78, 5) is 0. The van der Waals surface area contributed by atoms with Crippen LogP contribution >= 0.6 is 11.6 Å². The van der Waals surface area contributed by atoms with E-state index in [1.165, 1.54) is 17.0 Å². The van der Waals surface area contributed by atoms with E-state index in [-0.39, 0.29) is 5.38 Å². The molecule has 0 bridgehead atoms. The summed E-state index contributed by atoms with van der Waals surface area (Å²) in [6, 6.07) is 0. The molecule has 1 atom stereocenters. The SMILES string of the molecule is CCCn1nc(CC)c(C(C)Cl)c1CC.